The second-order valence-electron chi connectivity index (χ2n) is 5.65. The van der Waals surface area contributed by atoms with E-state index in [-0.39, 0.29) is 11.3 Å². The van der Waals surface area contributed by atoms with Gasteiger partial charge in [-0.1, -0.05) is 42.0 Å². The zero-order valence-electron chi connectivity index (χ0n) is 13.6. The lowest BCUT2D eigenvalue weighted by Crippen LogP contribution is -1.94. The summed E-state index contributed by atoms with van der Waals surface area (Å²) in [6, 6.07) is 17.3. The third kappa shape index (κ3) is 3.93. The van der Waals surface area contributed by atoms with Crippen LogP contribution in [-0.2, 0) is 0 Å². The van der Waals surface area contributed by atoms with Gasteiger partial charge in [0, 0.05) is 11.1 Å². The van der Waals surface area contributed by atoms with E-state index in [1.165, 1.54) is 18.2 Å². The molecule has 124 valence electrons. The van der Waals surface area contributed by atoms with Gasteiger partial charge in [-0.15, -0.1) is 0 Å². The molecule has 3 rings (SSSR count). The number of furan rings is 1. The second kappa shape index (κ2) is 7.01. The number of carbonyl (C=O) groups is 2. The molecule has 0 aliphatic carbocycles. The first-order valence-electron chi connectivity index (χ1n) is 7.75. The van der Waals surface area contributed by atoms with Crippen LogP contribution in [-0.4, -0.2) is 16.9 Å². The first-order chi connectivity index (χ1) is 12.0. The molecular formula is C21H16O4. The first-order valence-corrected chi connectivity index (χ1v) is 7.75. The average molecular weight is 332 g/mol. The minimum atomic E-state index is -0.968. The number of rotatable bonds is 5. The standard InChI is InChI=1S/C21H16O4/c1-14-2-4-15(5-3-14)19(22)12-10-18-11-13-20(25-18)16-6-8-17(9-7-16)21(23)24/h2-13H,1H3,(H,23,24)/b12-10+. The highest BCUT2D eigenvalue weighted by Gasteiger charge is 2.07. The van der Waals surface area contributed by atoms with Crippen molar-refractivity contribution in [3.05, 3.63) is 89.2 Å². The average Bonchev–Trinajstić information content (AvgIpc) is 3.09. The summed E-state index contributed by atoms with van der Waals surface area (Å²) in [5.41, 5.74) is 2.72. The SMILES string of the molecule is Cc1ccc(C(=O)/C=C/c2ccc(-c3ccc(C(=O)O)cc3)o2)cc1. The molecule has 2 aromatic carbocycles. The molecule has 3 aromatic rings. The fourth-order valence-corrected chi connectivity index (χ4v) is 2.35. The molecule has 1 aromatic heterocycles. The highest BCUT2D eigenvalue weighted by molar-refractivity contribution is 6.06. The van der Waals surface area contributed by atoms with E-state index in [1.54, 1.807) is 42.5 Å². The topological polar surface area (TPSA) is 67.5 Å². The summed E-state index contributed by atoms with van der Waals surface area (Å²) in [5.74, 6) is 0.102. The number of carbonyl (C=O) groups excluding carboxylic acids is 1. The van der Waals surface area contributed by atoms with Crippen LogP contribution in [0.15, 0.2) is 71.2 Å². The largest absolute Gasteiger partial charge is 0.478 e. The van der Waals surface area contributed by atoms with Crippen LogP contribution in [0.4, 0.5) is 0 Å². The van der Waals surface area contributed by atoms with Crippen LogP contribution in [0.3, 0.4) is 0 Å². The van der Waals surface area contributed by atoms with Gasteiger partial charge in [0.25, 0.3) is 0 Å². The lowest BCUT2D eigenvalue weighted by atomic mass is 10.1. The molecule has 1 heterocycles. The molecule has 4 nitrogen and oxygen atoms in total. The second-order valence-corrected chi connectivity index (χ2v) is 5.65. The molecule has 0 spiro atoms. The van der Waals surface area contributed by atoms with Crippen molar-refractivity contribution in [3.63, 3.8) is 0 Å². The zero-order chi connectivity index (χ0) is 17.8. The molecule has 0 atom stereocenters. The highest BCUT2D eigenvalue weighted by atomic mass is 16.4. The Morgan fingerprint density at radius 2 is 1.52 bits per heavy atom. The molecule has 1 N–H and O–H groups in total. The van der Waals surface area contributed by atoms with E-state index < -0.39 is 5.97 Å². The summed E-state index contributed by atoms with van der Waals surface area (Å²) in [7, 11) is 0. The fraction of sp³-hybridized carbons (Fsp3) is 0.0476. The molecule has 0 unspecified atom stereocenters. The van der Waals surface area contributed by atoms with Crippen molar-refractivity contribution in [3.8, 4) is 11.3 Å². The molecule has 0 fully saturated rings. The van der Waals surface area contributed by atoms with Crippen molar-refractivity contribution in [2.24, 2.45) is 0 Å². The Bertz CT molecular complexity index is 929. The predicted octanol–water partition coefficient (Wildman–Crippen LogP) is 4.85. The zero-order valence-corrected chi connectivity index (χ0v) is 13.6. The Kier molecular flexibility index (Phi) is 4.61. The molecule has 0 bridgehead atoms. The van der Waals surface area contributed by atoms with E-state index in [1.807, 2.05) is 19.1 Å². The predicted molar refractivity (Wildman–Crippen MR) is 95.6 cm³/mol. The van der Waals surface area contributed by atoms with E-state index in [9.17, 15) is 9.59 Å². The maximum absolute atomic E-state index is 12.1. The van der Waals surface area contributed by atoms with Crippen molar-refractivity contribution in [1.82, 2.24) is 0 Å². The number of aromatic carboxylic acids is 1. The molecular weight excluding hydrogens is 316 g/mol. The molecule has 0 amide bonds. The third-order valence-corrected chi connectivity index (χ3v) is 3.78. The molecule has 0 saturated heterocycles. The Labute approximate surface area is 145 Å². The summed E-state index contributed by atoms with van der Waals surface area (Å²) in [6.45, 7) is 1.97. The van der Waals surface area contributed by atoms with Gasteiger partial charge in [-0.25, -0.2) is 4.79 Å². The maximum atomic E-state index is 12.1. The van der Waals surface area contributed by atoms with Gasteiger partial charge in [0.05, 0.1) is 5.56 Å². The van der Waals surface area contributed by atoms with Gasteiger partial charge in [-0.3, -0.25) is 4.79 Å². The smallest absolute Gasteiger partial charge is 0.335 e. The Morgan fingerprint density at radius 1 is 0.880 bits per heavy atom. The van der Waals surface area contributed by atoms with Gasteiger partial charge >= 0.3 is 5.97 Å². The minimum Gasteiger partial charge on any atom is -0.478 e. The van der Waals surface area contributed by atoms with Crippen LogP contribution in [0.5, 0.6) is 0 Å². The lowest BCUT2D eigenvalue weighted by molar-refractivity contribution is 0.0696. The van der Waals surface area contributed by atoms with E-state index in [0.717, 1.165) is 11.1 Å². The Hall–Kier alpha value is -3.40. The minimum absolute atomic E-state index is 0.0937. The summed E-state index contributed by atoms with van der Waals surface area (Å²) in [6.07, 6.45) is 3.10. The maximum Gasteiger partial charge on any atom is 0.335 e. The molecule has 4 heteroatoms. The quantitative estimate of drug-likeness (QED) is 0.536. The normalized spacial score (nSPS) is 10.9. The van der Waals surface area contributed by atoms with Gasteiger partial charge in [0.15, 0.2) is 5.78 Å². The Morgan fingerprint density at radius 3 is 2.16 bits per heavy atom. The van der Waals surface area contributed by atoms with Crippen LogP contribution < -0.4 is 0 Å². The van der Waals surface area contributed by atoms with Gasteiger partial charge in [-0.05, 0) is 43.3 Å². The summed E-state index contributed by atoms with van der Waals surface area (Å²) in [5, 5.41) is 8.92. The van der Waals surface area contributed by atoms with E-state index in [4.69, 9.17) is 9.52 Å². The monoisotopic (exact) mass is 332 g/mol. The molecule has 0 aliphatic heterocycles. The van der Waals surface area contributed by atoms with Crippen molar-refractivity contribution < 1.29 is 19.1 Å². The third-order valence-electron chi connectivity index (χ3n) is 3.78. The van der Waals surface area contributed by atoms with Gasteiger partial charge in [0.2, 0.25) is 0 Å². The molecule has 0 saturated carbocycles. The molecule has 0 aliphatic rings. The highest BCUT2D eigenvalue weighted by Crippen LogP contribution is 2.23. The van der Waals surface area contributed by atoms with E-state index >= 15 is 0 Å². The van der Waals surface area contributed by atoms with Crippen LogP contribution >= 0.6 is 0 Å². The first kappa shape index (κ1) is 16.5. The van der Waals surface area contributed by atoms with Crippen molar-refractivity contribution >= 4 is 17.8 Å². The number of benzene rings is 2. The number of aryl methyl sites for hydroxylation is 1. The number of hydrogen-bond donors (Lipinski definition) is 1. The van der Waals surface area contributed by atoms with E-state index in [0.29, 0.717) is 17.1 Å². The van der Waals surface area contributed by atoms with E-state index in [2.05, 4.69) is 0 Å². The lowest BCUT2D eigenvalue weighted by Gasteiger charge is -1.98. The Balaban J connectivity index is 1.73. The van der Waals surface area contributed by atoms with Gasteiger partial charge in [0.1, 0.15) is 11.5 Å². The van der Waals surface area contributed by atoms with Crippen LogP contribution in [0.2, 0.25) is 0 Å². The number of allylic oxidation sites excluding steroid dienone is 1. The van der Waals surface area contributed by atoms with Crippen LogP contribution in [0, 0.1) is 6.92 Å². The van der Waals surface area contributed by atoms with Crippen LogP contribution in [0.25, 0.3) is 17.4 Å². The molecule has 25 heavy (non-hydrogen) atoms. The fourth-order valence-electron chi connectivity index (χ4n) is 2.35. The number of hydrogen-bond acceptors (Lipinski definition) is 3. The van der Waals surface area contributed by atoms with Crippen LogP contribution in [0.1, 0.15) is 32.0 Å². The summed E-state index contributed by atoms with van der Waals surface area (Å²) < 4.78 is 5.69. The van der Waals surface area contributed by atoms with Crippen molar-refractivity contribution in [2.45, 2.75) is 6.92 Å². The summed E-state index contributed by atoms with van der Waals surface area (Å²) >= 11 is 0. The van der Waals surface area contributed by atoms with Gasteiger partial charge < -0.3 is 9.52 Å². The molecule has 0 radical (unpaired) electrons. The summed E-state index contributed by atoms with van der Waals surface area (Å²) in [4.78, 5) is 23.0. The van der Waals surface area contributed by atoms with Crippen molar-refractivity contribution in [1.29, 1.82) is 0 Å². The number of carboxylic acids is 1. The van der Waals surface area contributed by atoms with Gasteiger partial charge in [-0.2, -0.15) is 0 Å². The van der Waals surface area contributed by atoms with Crippen molar-refractivity contribution in [2.75, 3.05) is 0 Å². The number of carboxylic acid groups (broad SMARTS) is 1. The number of ketones is 1.